The highest BCUT2D eigenvalue weighted by Crippen LogP contribution is 2.36. The zero-order valence-corrected chi connectivity index (χ0v) is 11.4. The molecule has 0 saturated carbocycles. The Morgan fingerprint density at radius 2 is 2.44 bits per heavy atom. The van der Waals surface area contributed by atoms with Gasteiger partial charge in [0.1, 0.15) is 5.82 Å². The number of thiophene rings is 1. The van der Waals surface area contributed by atoms with Crippen LogP contribution in [-0.4, -0.2) is 15.9 Å². The van der Waals surface area contributed by atoms with Gasteiger partial charge in [0.2, 0.25) is 0 Å². The zero-order valence-electron chi connectivity index (χ0n) is 8.92. The highest BCUT2D eigenvalue weighted by molar-refractivity contribution is 8.01. The molecule has 0 aliphatic rings. The van der Waals surface area contributed by atoms with Gasteiger partial charge in [-0.1, -0.05) is 18.7 Å². The Morgan fingerprint density at radius 3 is 3.00 bits per heavy atom. The summed E-state index contributed by atoms with van der Waals surface area (Å²) in [6.45, 7) is 2.69. The molecule has 0 saturated heterocycles. The molecule has 2 aromatic heterocycles. The smallest absolute Gasteiger partial charge is 0.170 e. The first-order valence-corrected chi connectivity index (χ1v) is 7.64. The summed E-state index contributed by atoms with van der Waals surface area (Å²) in [7, 11) is 0. The Kier molecular flexibility index (Phi) is 4.34. The van der Waals surface area contributed by atoms with Gasteiger partial charge in [0.15, 0.2) is 4.34 Å². The molecule has 3 nitrogen and oxygen atoms in total. The molecule has 2 rings (SSSR count). The van der Waals surface area contributed by atoms with Crippen molar-refractivity contribution in [1.29, 1.82) is 0 Å². The van der Waals surface area contributed by atoms with Gasteiger partial charge < -0.3 is 5.73 Å². The lowest BCUT2D eigenvalue weighted by Gasteiger charge is -2.09. The summed E-state index contributed by atoms with van der Waals surface area (Å²) in [6.07, 6.45) is 0.892. The van der Waals surface area contributed by atoms with Gasteiger partial charge in [0.05, 0.1) is 0 Å². The minimum atomic E-state index is 0.295. The van der Waals surface area contributed by atoms with E-state index < -0.39 is 0 Å². The third-order valence-electron chi connectivity index (χ3n) is 2.14. The minimum Gasteiger partial charge on any atom is -0.329 e. The number of thioether (sulfide) groups is 1. The molecule has 2 aromatic rings. The Balaban J connectivity index is 2.07. The van der Waals surface area contributed by atoms with Crippen molar-refractivity contribution in [3.05, 3.63) is 28.2 Å². The zero-order chi connectivity index (χ0) is 11.4. The molecule has 2 N–H and O–H groups in total. The fraction of sp³-hybridized carbons (Fsp3) is 0.400. The molecule has 16 heavy (non-hydrogen) atoms. The van der Waals surface area contributed by atoms with Gasteiger partial charge in [-0.3, -0.25) is 0 Å². The normalized spacial score (nSPS) is 12.9. The van der Waals surface area contributed by atoms with Gasteiger partial charge in [-0.25, -0.2) is 4.98 Å². The van der Waals surface area contributed by atoms with E-state index >= 15 is 0 Å². The molecule has 86 valence electrons. The highest BCUT2D eigenvalue weighted by atomic mass is 32.2. The van der Waals surface area contributed by atoms with Gasteiger partial charge in [-0.05, 0) is 33.9 Å². The maximum Gasteiger partial charge on any atom is 0.170 e. The van der Waals surface area contributed by atoms with Crippen molar-refractivity contribution in [2.45, 2.75) is 22.9 Å². The number of rotatable bonds is 5. The Bertz CT molecular complexity index is 424. The second kappa shape index (κ2) is 5.77. The van der Waals surface area contributed by atoms with Crippen LogP contribution in [0.15, 0.2) is 21.2 Å². The molecule has 2 heterocycles. The van der Waals surface area contributed by atoms with Crippen LogP contribution in [0.25, 0.3) is 0 Å². The van der Waals surface area contributed by atoms with E-state index in [2.05, 4.69) is 33.1 Å². The molecule has 1 unspecified atom stereocenters. The van der Waals surface area contributed by atoms with E-state index in [1.807, 2.05) is 0 Å². The second-order valence-corrected chi connectivity index (χ2v) is 6.21. The van der Waals surface area contributed by atoms with Gasteiger partial charge in [-0.15, -0.1) is 0 Å². The van der Waals surface area contributed by atoms with Crippen molar-refractivity contribution in [2.75, 3.05) is 6.54 Å². The summed E-state index contributed by atoms with van der Waals surface area (Å²) in [5.74, 6) is 0.925. The molecule has 0 radical (unpaired) electrons. The first-order valence-electron chi connectivity index (χ1n) is 5.05. The first-order chi connectivity index (χ1) is 7.83. The molecule has 0 amide bonds. The third kappa shape index (κ3) is 2.82. The SMILES string of the molecule is CCc1nsc(SC(CN)c2ccsc2)n1. The number of nitrogens with two attached hydrogens (primary N) is 1. The van der Waals surface area contributed by atoms with Crippen molar-refractivity contribution in [2.24, 2.45) is 5.73 Å². The number of aromatic nitrogens is 2. The van der Waals surface area contributed by atoms with Gasteiger partial charge >= 0.3 is 0 Å². The molecule has 0 fully saturated rings. The molecule has 1 atom stereocenters. The topological polar surface area (TPSA) is 51.8 Å². The number of aryl methyl sites for hydroxylation is 1. The molecular formula is C10H13N3S3. The highest BCUT2D eigenvalue weighted by Gasteiger charge is 2.14. The quantitative estimate of drug-likeness (QED) is 0.850. The summed E-state index contributed by atoms with van der Waals surface area (Å²) >= 11 is 4.88. The van der Waals surface area contributed by atoms with Crippen molar-refractivity contribution in [3.63, 3.8) is 0 Å². The lowest BCUT2D eigenvalue weighted by Crippen LogP contribution is -2.08. The van der Waals surface area contributed by atoms with E-state index in [4.69, 9.17) is 5.73 Å². The van der Waals surface area contributed by atoms with Crippen LogP contribution in [0.1, 0.15) is 23.6 Å². The van der Waals surface area contributed by atoms with Crippen LogP contribution in [0.3, 0.4) is 0 Å². The minimum absolute atomic E-state index is 0.295. The molecule has 6 heteroatoms. The lowest BCUT2D eigenvalue weighted by molar-refractivity contribution is 0.935. The van der Waals surface area contributed by atoms with E-state index in [-0.39, 0.29) is 0 Å². The molecule has 0 aromatic carbocycles. The average molecular weight is 271 g/mol. The van der Waals surface area contributed by atoms with Crippen LogP contribution in [0.5, 0.6) is 0 Å². The fourth-order valence-corrected chi connectivity index (χ4v) is 3.97. The molecule has 0 spiro atoms. The Morgan fingerprint density at radius 1 is 1.56 bits per heavy atom. The van der Waals surface area contributed by atoms with E-state index in [9.17, 15) is 0 Å². The largest absolute Gasteiger partial charge is 0.329 e. The van der Waals surface area contributed by atoms with E-state index in [1.165, 1.54) is 17.1 Å². The predicted molar refractivity (Wildman–Crippen MR) is 71.3 cm³/mol. The van der Waals surface area contributed by atoms with Gasteiger partial charge in [-0.2, -0.15) is 15.7 Å². The number of nitrogens with zero attached hydrogens (tertiary/aromatic N) is 2. The van der Waals surface area contributed by atoms with Crippen LogP contribution in [0, 0.1) is 0 Å². The predicted octanol–water partition coefficient (Wildman–Crippen LogP) is 2.95. The average Bonchev–Trinajstić information content (AvgIpc) is 2.96. The van der Waals surface area contributed by atoms with Crippen molar-refractivity contribution in [1.82, 2.24) is 9.36 Å². The van der Waals surface area contributed by atoms with Crippen LogP contribution < -0.4 is 5.73 Å². The summed E-state index contributed by atoms with van der Waals surface area (Å²) < 4.78 is 5.29. The maximum absolute atomic E-state index is 5.79. The van der Waals surface area contributed by atoms with E-state index in [0.717, 1.165) is 16.6 Å². The van der Waals surface area contributed by atoms with E-state index in [1.54, 1.807) is 23.1 Å². The molecule has 0 bridgehead atoms. The van der Waals surface area contributed by atoms with Crippen LogP contribution in [0.2, 0.25) is 0 Å². The third-order valence-corrected chi connectivity index (χ3v) is 4.94. The number of hydrogen-bond acceptors (Lipinski definition) is 6. The standard InChI is InChI=1S/C10H13N3S3/c1-2-9-12-10(16-13-9)15-8(5-11)7-3-4-14-6-7/h3-4,6,8H,2,5,11H2,1H3. The summed E-state index contributed by atoms with van der Waals surface area (Å²) in [6, 6.07) is 2.12. The van der Waals surface area contributed by atoms with Crippen molar-refractivity contribution < 1.29 is 0 Å². The van der Waals surface area contributed by atoms with Crippen molar-refractivity contribution >= 4 is 34.6 Å². The monoisotopic (exact) mass is 271 g/mol. The summed E-state index contributed by atoms with van der Waals surface area (Å²) in [5.41, 5.74) is 7.07. The van der Waals surface area contributed by atoms with Crippen LogP contribution >= 0.6 is 34.6 Å². The van der Waals surface area contributed by atoms with Gasteiger partial charge in [0.25, 0.3) is 0 Å². The molecule has 0 aliphatic carbocycles. The molecular weight excluding hydrogens is 258 g/mol. The summed E-state index contributed by atoms with van der Waals surface area (Å²) in [5, 5.41) is 4.52. The Hall–Kier alpha value is -0.430. The van der Waals surface area contributed by atoms with Crippen LogP contribution in [0.4, 0.5) is 0 Å². The van der Waals surface area contributed by atoms with Crippen LogP contribution in [-0.2, 0) is 6.42 Å². The fourth-order valence-electron chi connectivity index (χ4n) is 1.26. The maximum atomic E-state index is 5.79. The lowest BCUT2D eigenvalue weighted by atomic mass is 10.2. The second-order valence-electron chi connectivity index (χ2n) is 3.23. The van der Waals surface area contributed by atoms with Crippen molar-refractivity contribution in [3.8, 4) is 0 Å². The molecule has 0 aliphatic heterocycles. The summed E-state index contributed by atoms with van der Waals surface area (Å²) in [4.78, 5) is 4.44. The van der Waals surface area contributed by atoms with E-state index in [0.29, 0.717) is 11.8 Å². The number of hydrogen-bond donors (Lipinski definition) is 1. The Labute approximate surface area is 107 Å². The van der Waals surface area contributed by atoms with Gasteiger partial charge in [0, 0.05) is 18.2 Å². The first kappa shape index (κ1) is 12.0.